The van der Waals surface area contributed by atoms with Crippen molar-refractivity contribution in [2.24, 2.45) is 0 Å². The average molecular weight is 481 g/mol. The van der Waals surface area contributed by atoms with Crippen molar-refractivity contribution in [3.05, 3.63) is 74.9 Å². The third-order valence-electron chi connectivity index (χ3n) is 5.57. The predicted octanol–water partition coefficient (Wildman–Crippen LogP) is 2.18. The van der Waals surface area contributed by atoms with Crippen molar-refractivity contribution in [1.82, 2.24) is 19.8 Å². The Morgan fingerprint density at radius 1 is 0.943 bits per heavy atom. The molecule has 186 valence electrons. The van der Waals surface area contributed by atoms with Gasteiger partial charge in [-0.1, -0.05) is 24.3 Å². The SMILES string of the molecule is COc1ccc(CNC(=O)Cn2c(=O)n(CCCCC(=O)NC(C)C)c(=O)c3ccccc32)cc1. The lowest BCUT2D eigenvalue weighted by molar-refractivity contribution is -0.122. The Labute approximate surface area is 203 Å². The van der Waals surface area contributed by atoms with Crippen molar-refractivity contribution in [2.75, 3.05) is 7.11 Å². The van der Waals surface area contributed by atoms with Gasteiger partial charge in [0.05, 0.1) is 18.0 Å². The van der Waals surface area contributed by atoms with Gasteiger partial charge < -0.3 is 15.4 Å². The van der Waals surface area contributed by atoms with Crippen LogP contribution in [0.5, 0.6) is 5.75 Å². The molecule has 0 saturated carbocycles. The van der Waals surface area contributed by atoms with Crippen LogP contribution >= 0.6 is 0 Å². The molecule has 0 unspecified atom stereocenters. The fraction of sp³-hybridized carbons (Fsp3) is 0.385. The number of ether oxygens (including phenoxy) is 1. The van der Waals surface area contributed by atoms with E-state index in [-0.39, 0.29) is 30.9 Å². The molecular weight excluding hydrogens is 448 g/mol. The molecular formula is C26H32N4O5. The third-order valence-corrected chi connectivity index (χ3v) is 5.57. The Morgan fingerprint density at radius 3 is 2.34 bits per heavy atom. The highest BCUT2D eigenvalue weighted by molar-refractivity contribution is 5.81. The number of para-hydroxylation sites is 1. The number of unbranched alkanes of at least 4 members (excludes halogenated alkanes) is 1. The summed E-state index contributed by atoms with van der Waals surface area (Å²) in [5.74, 6) is 0.321. The van der Waals surface area contributed by atoms with E-state index in [0.717, 1.165) is 15.9 Å². The van der Waals surface area contributed by atoms with Crippen molar-refractivity contribution in [3.63, 3.8) is 0 Å². The molecule has 0 saturated heterocycles. The van der Waals surface area contributed by atoms with Gasteiger partial charge in [0.15, 0.2) is 0 Å². The molecule has 9 nitrogen and oxygen atoms in total. The van der Waals surface area contributed by atoms with Crippen LogP contribution in [-0.2, 0) is 29.2 Å². The number of hydrogen-bond acceptors (Lipinski definition) is 5. The first-order valence-corrected chi connectivity index (χ1v) is 11.7. The highest BCUT2D eigenvalue weighted by Crippen LogP contribution is 2.11. The van der Waals surface area contributed by atoms with Crippen LogP contribution in [0.4, 0.5) is 0 Å². The standard InChI is InChI=1S/C26H32N4O5/c1-18(2)28-23(31)10-6-7-15-29-25(33)21-8-4-5-9-22(21)30(26(29)34)17-24(32)27-16-19-11-13-20(35-3)14-12-19/h4-5,8-9,11-14,18H,6-7,10,15-17H2,1-3H3,(H,27,32)(H,28,31). The summed E-state index contributed by atoms with van der Waals surface area (Å²) < 4.78 is 7.61. The summed E-state index contributed by atoms with van der Waals surface area (Å²) in [6.45, 7) is 4.04. The maximum atomic E-state index is 13.2. The fourth-order valence-electron chi connectivity index (χ4n) is 3.81. The number of nitrogens with one attached hydrogen (secondary N) is 2. The summed E-state index contributed by atoms with van der Waals surface area (Å²) in [6, 6.07) is 14.1. The van der Waals surface area contributed by atoms with Crippen molar-refractivity contribution in [1.29, 1.82) is 0 Å². The second-order valence-corrected chi connectivity index (χ2v) is 8.65. The smallest absolute Gasteiger partial charge is 0.331 e. The second kappa shape index (κ2) is 12.0. The van der Waals surface area contributed by atoms with Gasteiger partial charge in [-0.15, -0.1) is 0 Å². The highest BCUT2D eigenvalue weighted by Gasteiger charge is 2.15. The molecule has 0 spiro atoms. The molecule has 3 rings (SSSR count). The number of carbonyl (C=O) groups is 2. The van der Waals surface area contributed by atoms with E-state index in [1.807, 2.05) is 38.1 Å². The van der Waals surface area contributed by atoms with Crippen LogP contribution in [0.3, 0.4) is 0 Å². The monoisotopic (exact) mass is 480 g/mol. The third kappa shape index (κ3) is 6.81. The summed E-state index contributed by atoms with van der Waals surface area (Å²) in [4.78, 5) is 50.7. The number of aromatic nitrogens is 2. The van der Waals surface area contributed by atoms with Crippen molar-refractivity contribution < 1.29 is 14.3 Å². The minimum atomic E-state index is -0.542. The van der Waals surface area contributed by atoms with E-state index in [2.05, 4.69) is 10.6 Å². The first kappa shape index (κ1) is 25.7. The van der Waals surface area contributed by atoms with Crippen LogP contribution in [0.2, 0.25) is 0 Å². The van der Waals surface area contributed by atoms with E-state index in [9.17, 15) is 19.2 Å². The average Bonchev–Trinajstić information content (AvgIpc) is 2.84. The van der Waals surface area contributed by atoms with E-state index in [1.165, 1.54) is 4.57 Å². The van der Waals surface area contributed by atoms with Gasteiger partial charge in [0, 0.05) is 25.6 Å². The molecule has 3 aromatic rings. The quantitative estimate of drug-likeness (QED) is 0.409. The zero-order valence-corrected chi connectivity index (χ0v) is 20.4. The Kier molecular flexibility index (Phi) is 8.83. The lowest BCUT2D eigenvalue weighted by Crippen LogP contribution is -2.42. The lowest BCUT2D eigenvalue weighted by Gasteiger charge is -2.14. The van der Waals surface area contributed by atoms with E-state index < -0.39 is 11.2 Å². The molecule has 2 amide bonds. The number of fused-ring (bicyclic) bond motifs is 1. The first-order chi connectivity index (χ1) is 16.8. The van der Waals surface area contributed by atoms with Gasteiger partial charge in [-0.2, -0.15) is 0 Å². The van der Waals surface area contributed by atoms with Gasteiger partial charge in [0.2, 0.25) is 11.8 Å². The second-order valence-electron chi connectivity index (χ2n) is 8.65. The van der Waals surface area contributed by atoms with Crippen molar-refractivity contribution in [3.8, 4) is 5.75 Å². The van der Waals surface area contributed by atoms with Crippen molar-refractivity contribution >= 4 is 22.7 Å². The molecule has 0 radical (unpaired) electrons. The van der Waals surface area contributed by atoms with E-state index in [1.54, 1.807) is 31.4 Å². The molecule has 0 aliphatic carbocycles. The normalized spacial score (nSPS) is 11.0. The lowest BCUT2D eigenvalue weighted by atomic mass is 10.2. The van der Waals surface area contributed by atoms with Crippen LogP contribution in [-0.4, -0.2) is 34.1 Å². The van der Waals surface area contributed by atoms with Crippen LogP contribution < -0.4 is 26.6 Å². The topological polar surface area (TPSA) is 111 Å². The molecule has 0 aliphatic heterocycles. The molecule has 9 heteroatoms. The summed E-state index contributed by atoms with van der Waals surface area (Å²) in [7, 11) is 1.59. The number of amides is 2. The number of rotatable bonds is 11. The van der Waals surface area contributed by atoms with Gasteiger partial charge in [-0.25, -0.2) is 4.79 Å². The number of benzene rings is 2. The molecule has 0 aliphatic rings. The summed E-state index contributed by atoms with van der Waals surface area (Å²) >= 11 is 0. The van der Waals surface area contributed by atoms with Gasteiger partial charge in [-0.05, 0) is 56.5 Å². The van der Waals surface area contributed by atoms with Crippen LogP contribution in [0.15, 0.2) is 58.1 Å². The minimum absolute atomic E-state index is 0.0585. The number of hydrogen-bond donors (Lipinski definition) is 2. The number of nitrogens with zero attached hydrogens (tertiary/aromatic N) is 2. The Morgan fingerprint density at radius 2 is 1.66 bits per heavy atom. The summed E-state index contributed by atoms with van der Waals surface area (Å²) in [5.41, 5.74) is 0.365. The van der Waals surface area contributed by atoms with Crippen LogP contribution in [0.1, 0.15) is 38.7 Å². The maximum absolute atomic E-state index is 13.2. The van der Waals surface area contributed by atoms with Gasteiger partial charge >= 0.3 is 5.69 Å². The van der Waals surface area contributed by atoms with Crippen LogP contribution in [0, 0.1) is 0 Å². The molecule has 35 heavy (non-hydrogen) atoms. The minimum Gasteiger partial charge on any atom is -0.497 e. The molecule has 1 heterocycles. The van der Waals surface area contributed by atoms with E-state index in [4.69, 9.17) is 4.74 Å². The molecule has 1 aromatic heterocycles. The van der Waals surface area contributed by atoms with Gasteiger partial charge in [-0.3, -0.25) is 23.5 Å². The molecule has 0 atom stereocenters. The van der Waals surface area contributed by atoms with E-state index >= 15 is 0 Å². The molecule has 0 bridgehead atoms. The highest BCUT2D eigenvalue weighted by atomic mass is 16.5. The number of methoxy groups -OCH3 is 1. The van der Waals surface area contributed by atoms with E-state index in [0.29, 0.717) is 36.7 Å². The Balaban J connectivity index is 1.74. The molecule has 2 N–H and O–H groups in total. The zero-order valence-electron chi connectivity index (χ0n) is 20.4. The number of carbonyl (C=O) groups excluding carboxylic acids is 2. The zero-order chi connectivity index (χ0) is 25.4. The summed E-state index contributed by atoms with van der Waals surface area (Å²) in [6.07, 6.45) is 1.35. The molecule has 2 aromatic carbocycles. The van der Waals surface area contributed by atoms with Crippen LogP contribution in [0.25, 0.3) is 10.9 Å². The first-order valence-electron chi connectivity index (χ1n) is 11.7. The Bertz CT molecular complexity index is 1290. The predicted molar refractivity (Wildman–Crippen MR) is 134 cm³/mol. The maximum Gasteiger partial charge on any atom is 0.331 e. The molecule has 0 fully saturated rings. The largest absolute Gasteiger partial charge is 0.497 e. The fourth-order valence-corrected chi connectivity index (χ4v) is 3.81. The van der Waals surface area contributed by atoms with Crippen molar-refractivity contribution in [2.45, 2.75) is 58.8 Å². The summed E-state index contributed by atoms with van der Waals surface area (Å²) in [5, 5.41) is 6.01. The van der Waals surface area contributed by atoms with Gasteiger partial charge in [0.25, 0.3) is 5.56 Å². The Hall–Kier alpha value is -3.88. The van der Waals surface area contributed by atoms with Gasteiger partial charge in [0.1, 0.15) is 12.3 Å².